The zero-order valence-electron chi connectivity index (χ0n) is 11.3. The molecule has 1 N–H and O–H groups in total. The molecule has 1 amide bonds. The highest BCUT2D eigenvalue weighted by Crippen LogP contribution is 2.24. The van der Waals surface area contributed by atoms with Crippen molar-refractivity contribution >= 4 is 33.5 Å². The van der Waals surface area contributed by atoms with E-state index in [1.165, 1.54) is 0 Å². The molecule has 0 saturated heterocycles. The summed E-state index contributed by atoms with van der Waals surface area (Å²) in [6.45, 7) is 0. The van der Waals surface area contributed by atoms with Crippen molar-refractivity contribution in [2.24, 2.45) is 0 Å². The van der Waals surface area contributed by atoms with Gasteiger partial charge in [0.15, 0.2) is 0 Å². The van der Waals surface area contributed by atoms with Crippen LogP contribution < -0.4 is 15.2 Å². The number of rotatable bonds is 5. The molecule has 0 radical (unpaired) electrons. The number of amides is 1. The summed E-state index contributed by atoms with van der Waals surface area (Å²) in [5.74, 6) is -0.665. The standard InChI is InChI=1S/C16H12BrNO4/c17-11-1-5-13(6-2-11)22-14-7-3-12(4-8-14)18-15(19)9-10-16(20)21/h1-10H,(H,18,19)(H,20,21)/p-1. The molecule has 0 heterocycles. The number of carbonyl (C=O) groups is 2. The quantitative estimate of drug-likeness (QED) is 0.830. The van der Waals surface area contributed by atoms with Gasteiger partial charge < -0.3 is 20.0 Å². The van der Waals surface area contributed by atoms with Crippen LogP contribution in [0.15, 0.2) is 65.2 Å². The van der Waals surface area contributed by atoms with Crippen LogP contribution in [-0.4, -0.2) is 11.9 Å². The van der Waals surface area contributed by atoms with Gasteiger partial charge >= 0.3 is 0 Å². The van der Waals surface area contributed by atoms with E-state index in [0.29, 0.717) is 23.3 Å². The van der Waals surface area contributed by atoms with Crippen molar-refractivity contribution in [3.05, 3.63) is 65.2 Å². The van der Waals surface area contributed by atoms with E-state index in [1.807, 2.05) is 24.3 Å². The zero-order valence-corrected chi connectivity index (χ0v) is 12.9. The van der Waals surface area contributed by atoms with Crippen LogP contribution in [0.1, 0.15) is 0 Å². The number of halogens is 1. The third-order valence-corrected chi connectivity index (χ3v) is 3.07. The molecule has 0 spiro atoms. The molecule has 0 aliphatic carbocycles. The van der Waals surface area contributed by atoms with Crippen molar-refractivity contribution in [3.63, 3.8) is 0 Å². The fraction of sp³-hybridized carbons (Fsp3) is 0. The van der Waals surface area contributed by atoms with Gasteiger partial charge in [0.1, 0.15) is 11.5 Å². The molecular weight excluding hydrogens is 350 g/mol. The first kappa shape index (κ1) is 15.8. The lowest BCUT2D eigenvalue weighted by Crippen LogP contribution is -2.20. The summed E-state index contributed by atoms with van der Waals surface area (Å²) in [6.07, 6.45) is 1.56. The summed E-state index contributed by atoms with van der Waals surface area (Å²) in [5.41, 5.74) is 0.524. The van der Waals surface area contributed by atoms with E-state index in [1.54, 1.807) is 24.3 Å². The number of nitrogens with one attached hydrogen (secondary N) is 1. The average Bonchev–Trinajstić information content (AvgIpc) is 2.49. The van der Waals surface area contributed by atoms with E-state index < -0.39 is 11.9 Å². The second-order valence-electron chi connectivity index (χ2n) is 4.22. The smallest absolute Gasteiger partial charge is 0.248 e. The van der Waals surface area contributed by atoms with Gasteiger partial charge in [-0.05, 0) is 54.6 Å². The Labute approximate surface area is 135 Å². The minimum absolute atomic E-state index is 0.524. The number of anilines is 1. The Morgan fingerprint density at radius 2 is 1.50 bits per heavy atom. The second-order valence-corrected chi connectivity index (χ2v) is 5.14. The molecule has 22 heavy (non-hydrogen) atoms. The lowest BCUT2D eigenvalue weighted by Gasteiger charge is -2.07. The molecule has 6 heteroatoms. The molecule has 0 bridgehead atoms. The van der Waals surface area contributed by atoms with E-state index in [-0.39, 0.29) is 0 Å². The maximum absolute atomic E-state index is 11.4. The minimum Gasteiger partial charge on any atom is -0.545 e. The van der Waals surface area contributed by atoms with Crippen molar-refractivity contribution in [3.8, 4) is 11.5 Å². The largest absolute Gasteiger partial charge is 0.545 e. The first-order valence-corrected chi connectivity index (χ1v) is 7.06. The Balaban J connectivity index is 1.96. The van der Waals surface area contributed by atoms with E-state index in [4.69, 9.17) is 4.74 Å². The number of carbonyl (C=O) groups excluding carboxylic acids is 2. The fourth-order valence-electron chi connectivity index (χ4n) is 1.57. The minimum atomic E-state index is -1.42. The molecular formula is C16H11BrNO4-. The number of hydrogen-bond acceptors (Lipinski definition) is 4. The van der Waals surface area contributed by atoms with Crippen molar-refractivity contribution in [1.82, 2.24) is 0 Å². The molecule has 0 atom stereocenters. The summed E-state index contributed by atoms with van der Waals surface area (Å²) >= 11 is 3.34. The molecule has 112 valence electrons. The lowest BCUT2D eigenvalue weighted by molar-refractivity contribution is -0.297. The summed E-state index contributed by atoms with van der Waals surface area (Å²) in [7, 11) is 0. The Morgan fingerprint density at radius 1 is 0.955 bits per heavy atom. The van der Waals surface area contributed by atoms with Gasteiger partial charge in [0, 0.05) is 16.2 Å². The number of carboxylic acid groups (broad SMARTS) is 1. The van der Waals surface area contributed by atoms with E-state index in [9.17, 15) is 14.7 Å². The molecule has 0 saturated carbocycles. The van der Waals surface area contributed by atoms with Crippen LogP contribution in [0, 0.1) is 0 Å². The van der Waals surface area contributed by atoms with Gasteiger partial charge in [-0.1, -0.05) is 15.9 Å². The second kappa shape index (κ2) is 7.42. The Morgan fingerprint density at radius 3 is 2.05 bits per heavy atom. The number of aliphatic carboxylic acids is 1. The van der Waals surface area contributed by atoms with Crippen LogP contribution in [0.2, 0.25) is 0 Å². The maximum Gasteiger partial charge on any atom is 0.248 e. The van der Waals surface area contributed by atoms with Crippen molar-refractivity contribution in [2.75, 3.05) is 5.32 Å². The first-order chi connectivity index (χ1) is 10.5. The van der Waals surface area contributed by atoms with E-state index >= 15 is 0 Å². The SMILES string of the molecule is O=C([O-])C=CC(=O)Nc1ccc(Oc2ccc(Br)cc2)cc1. The van der Waals surface area contributed by atoms with Gasteiger partial charge in [0.2, 0.25) is 5.91 Å². The molecule has 0 aliphatic rings. The van der Waals surface area contributed by atoms with Crippen LogP contribution in [0.5, 0.6) is 11.5 Å². The van der Waals surface area contributed by atoms with E-state index in [2.05, 4.69) is 21.2 Å². The lowest BCUT2D eigenvalue weighted by atomic mass is 10.3. The van der Waals surface area contributed by atoms with Gasteiger partial charge in [-0.2, -0.15) is 0 Å². The van der Waals surface area contributed by atoms with Crippen molar-refractivity contribution < 1.29 is 19.4 Å². The number of hydrogen-bond donors (Lipinski definition) is 1. The monoisotopic (exact) mass is 360 g/mol. The average molecular weight is 361 g/mol. The maximum atomic E-state index is 11.4. The van der Waals surface area contributed by atoms with Gasteiger partial charge in [-0.15, -0.1) is 0 Å². The summed E-state index contributed by atoms with van der Waals surface area (Å²) in [4.78, 5) is 21.6. The van der Waals surface area contributed by atoms with Crippen LogP contribution >= 0.6 is 15.9 Å². The molecule has 2 aromatic rings. The highest BCUT2D eigenvalue weighted by atomic mass is 79.9. The van der Waals surface area contributed by atoms with Gasteiger partial charge in [-0.25, -0.2) is 0 Å². The third kappa shape index (κ3) is 5.06. The van der Waals surface area contributed by atoms with Crippen molar-refractivity contribution in [1.29, 1.82) is 0 Å². The van der Waals surface area contributed by atoms with Crippen LogP contribution in [0.4, 0.5) is 5.69 Å². The third-order valence-electron chi connectivity index (χ3n) is 2.54. The molecule has 2 aromatic carbocycles. The van der Waals surface area contributed by atoms with Gasteiger partial charge in [0.05, 0.1) is 5.97 Å². The molecule has 5 nitrogen and oxygen atoms in total. The summed E-state index contributed by atoms with van der Waals surface area (Å²) in [6, 6.07) is 14.1. The van der Waals surface area contributed by atoms with Crippen LogP contribution in [0.3, 0.4) is 0 Å². The number of carboxylic acids is 1. The number of ether oxygens (including phenoxy) is 1. The topological polar surface area (TPSA) is 78.5 Å². The fourth-order valence-corrected chi connectivity index (χ4v) is 1.84. The highest BCUT2D eigenvalue weighted by Gasteiger charge is 2.00. The summed E-state index contributed by atoms with van der Waals surface area (Å²) in [5, 5.41) is 12.7. The predicted molar refractivity (Wildman–Crippen MR) is 83.4 cm³/mol. The first-order valence-electron chi connectivity index (χ1n) is 6.26. The zero-order chi connectivity index (χ0) is 15.9. The molecule has 0 aliphatic heterocycles. The Hall–Kier alpha value is -2.60. The normalized spacial score (nSPS) is 10.4. The number of benzene rings is 2. The molecule has 0 unspecified atom stereocenters. The Kier molecular flexibility index (Phi) is 5.32. The van der Waals surface area contributed by atoms with E-state index in [0.717, 1.165) is 10.5 Å². The summed E-state index contributed by atoms with van der Waals surface area (Å²) < 4.78 is 6.60. The van der Waals surface area contributed by atoms with Crippen LogP contribution in [0.25, 0.3) is 0 Å². The molecule has 0 aromatic heterocycles. The van der Waals surface area contributed by atoms with Gasteiger partial charge in [0.25, 0.3) is 0 Å². The Bertz CT molecular complexity index is 693. The highest BCUT2D eigenvalue weighted by molar-refractivity contribution is 9.10. The van der Waals surface area contributed by atoms with Gasteiger partial charge in [-0.3, -0.25) is 4.79 Å². The predicted octanol–water partition coefficient (Wildman–Crippen LogP) is 2.49. The van der Waals surface area contributed by atoms with Crippen molar-refractivity contribution in [2.45, 2.75) is 0 Å². The molecule has 2 rings (SSSR count). The molecule has 0 fully saturated rings. The van der Waals surface area contributed by atoms with Crippen LogP contribution in [-0.2, 0) is 9.59 Å².